The third-order valence-electron chi connectivity index (χ3n) is 2.40. The molecule has 0 aromatic carbocycles. The Labute approximate surface area is 87.2 Å². The van der Waals surface area contributed by atoms with E-state index in [-0.39, 0.29) is 22.6 Å². The monoisotopic (exact) mass is 235 g/mol. The Balaban J connectivity index is 2.09. The van der Waals surface area contributed by atoms with Crippen LogP contribution in [-0.2, 0) is 9.84 Å². The highest BCUT2D eigenvalue weighted by Gasteiger charge is 2.27. The number of hydrogen-bond donors (Lipinski definition) is 0. The van der Waals surface area contributed by atoms with Crippen LogP contribution in [0.2, 0.25) is 5.22 Å². The molecule has 0 saturated carbocycles. The van der Waals surface area contributed by atoms with Crippen molar-refractivity contribution in [2.75, 3.05) is 11.5 Å². The molecule has 6 heteroatoms. The summed E-state index contributed by atoms with van der Waals surface area (Å²) in [4.78, 5) is 3.99. The number of sulfone groups is 1. The van der Waals surface area contributed by atoms with Gasteiger partial charge in [-0.15, -0.1) is 0 Å². The molecule has 1 aromatic rings. The molecule has 0 atom stereocenters. The van der Waals surface area contributed by atoms with Gasteiger partial charge < -0.3 is 4.42 Å². The lowest BCUT2D eigenvalue weighted by Crippen LogP contribution is -2.22. The molecule has 1 aromatic heterocycles. The average molecular weight is 236 g/mol. The summed E-state index contributed by atoms with van der Waals surface area (Å²) in [5.74, 6) is 1.10. The molecule has 0 bridgehead atoms. The maximum absolute atomic E-state index is 11.2. The zero-order chi connectivity index (χ0) is 10.2. The molecule has 0 radical (unpaired) electrons. The lowest BCUT2D eigenvalue weighted by molar-refractivity contribution is 0.424. The maximum Gasteiger partial charge on any atom is 0.213 e. The second-order valence-corrected chi connectivity index (χ2v) is 6.10. The Kier molecular flexibility index (Phi) is 2.53. The largest absolute Gasteiger partial charge is 0.429 e. The second kappa shape index (κ2) is 3.55. The number of aromatic nitrogens is 1. The predicted octanol–water partition coefficient (Wildman–Crippen LogP) is 1.62. The fourth-order valence-electron chi connectivity index (χ4n) is 1.59. The van der Waals surface area contributed by atoms with E-state index in [0.29, 0.717) is 18.7 Å². The van der Waals surface area contributed by atoms with Gasteiger partial charge >= 0.3 is 0 Å². The lowest BCUT2D eigenvalue weighted by atomic mass is 10.0. The highest BCUT2D eigenvalue weighted by molar-refractivity contribution is 7.91. The first-order valence-electron chi connectivity index (χ1n) is 4.38. The molecule has 1 aliphatic heterocycles. The number of oxazole rings is 1. The minimum atomic E-state index is -2.82. The van der Waals surface area contributed by atoms with Crippen LogP contribution in [0.3, 0.4) is 0 Å². The first kappa shape index (κ1) is 9.98. The van der Waals surface area contributed by atoms with Gasteiger partial charge in [-0.2, -0.15) is 0 Å². The Morgan fingerprint density at radius 3 is 2.57 bits per heavy atom. The molecule has 2 heterocycles. The van der Waals surface area contributed by atoms with E-state index in [2.05, 4.69) is 4.98 Å². The molecular formula is C8H10ClNO3S. The topological polar surface area (TPSA) is 60.2 Å². The maximum atomic E-state index is 11.2. The molecule has 0 unspecified atom stereocenters. The SMILES string of the molecule is O=S1(=O)CCC(c2ncc(Cl)o2)CC1. The van der Waals surface area contributed by atoms with E-state index in [1.54, 1.807) is 0 Å². The minimum absolute atomic E-state index is 0.103. The van der Waals surface area contributed by atoms with E-state index >= 15 is 0 Å². The zero-order valence-corrected chi connectivity index (χ0v) is 9.01. The van der Waals surface area contributed by atoms with Gasteiger partial charge in [0.15, 0.2) is 5.89 Å². The molecular weight excluding hydrogens is 226 g/mol. The number of hydrogen-bond acceptors (Lipinski definition) is 4. The van der Waals surface area contributed by atoms with Gasteiger partial charge in [-0.25, -0.2) is 13.4 Å². The van der Waals surface area contributed by atoms with Crippen LogP contribution in [0.4, 0.5) is 0 Å². The van der Waals surface area contributed by atoms with Crippen LogP contribution < -0.4 is 0 Å². The van der Waals surface area contributed by atoms with E-state index in [0.717, 1.165) is 0 Å². The van der Waals surface area contributed by atoms with Gasteiger partial charge in [0.2, 0.25) is 5.22 Å². The Morgan fingerprint density at radius 1 is 1.43 bits per heavy atom. The van der Waals surface area contributed by atoms with Gasteiger partial charge in [0.1, 0.15) is 9.84 Å². The van der Waals surface area contributed by atoms with Crippen LogP contribution in [0.25, 0.3) is 0 Å². The van der Waals surface area contributed by atoms with Crippen molar-refractivity contribution in [3.8, 4) is 0 Å². The molecule has 2 rings (SSSR count). The molecule has 0 amide bonds. The van der Waals surface area contributed by atoms with Crippen LogP contribution in [0.5, 0.6) is 0 Å². The Bertz CT molecular complexity index is 412. The van der Waals surface area contributed by atoms with Crippen molar-refractivity contribution in [2.45, 2.75) is 18.8 Å². The molecule has 0 spiro atoms. The van der Waals surface area contributed by atoms with E-state index < -0.39 is 9.84 Å². The summed E-state index contributed by atoms with van der Waals surface area (Å²) in [5.41, 5.74) is 0. The second-order valence-electron chi connectivity index (χ2n) is 3.43. The minimum Gasteiger partial charge on any atom is -0.429 e. The van der Waals surface area contributed by atoms with Gasteiger partial charge in [0, 0.05) is 5.92 Å². The smallest absolute Gasteiger partial charge is 0.213 e. The van der Waals surface area contributed by atoms with Crippen molar-refractivity contribution in [3.63, 3.8) is 0 Å². The third-order valence-corrected chi connectivity index (χ3v) is 4.29. The molecule has 14 heavy (non-hydrogen) atoms. The van der Waals surface area contributed by atoms with Gasteiger partial charge in [-0.05, 0) is 24.4 Å². The van der Waals surface area contributed by atoms with Crippen molar-refractivity contribution in [2.24, 2.45) is 0 Å². The third kappa shape index (κ3) is 2.09. The van der Waals surface area contributed by atoms with Crippen molar-refractivity contribution in [1.82, 2.24) is 4.98 Å². The molecule has 1 fully saturated rings. The summed E-state index contributed by atoms with van der Waals surface area (Å²) in [6.07, 6.45) is 2.61. The Hall–Kier alpha value is -0.550. The molecule has 4 nitrogen and oxygen atoms in total. The van der Waals surface area contributed by atoms with Crippen molar-refractivity contribution in [1.29, 1.82) is 0 Å². The van der Waals surface area contributed by atoms with E-state index in [1.165, 1.54) is 6.20 Å². The summed E-state index contributed by atoms with van der Waals surface area (Å²) in [6, 6.07) is 0. The van der Waals surface area contributed by atoms with Crippen molar-refractivity contribution >= 4 is 21.4 Å². The summed E-state index contributed by atoms with van der Waals surface area (Å²) in [5, 5.41) is 0.258. The summed E-state index contributed by atoms with van der Waals surface area (Å²) in [6.45, 7) is 0. The van der Waals surface area contributed by atoms with Crippen LogP contribution >= 0.6 is 11.6 Å². The van der Waals surface area contributed by atoms with Crippen molar-refractivity contribution < 1.29 is 12.8 Å². The summed E-state index contributed by atoms with van der Waals surface area (Å²) < 4.78 is 27.5. The first-order valence-corrected chi connectivity index (χ1v) is 6.58. The molecule has 0 N–H and O–H groups in total. The average Bonchev–Trinajstić information content (AvgIpc) is 2.52. The standard InChI is InChI=1S/C8H10ClNO3S/c9-7-5-10-8(13-7)6-1-3-14(11,12)4-2-6/h5-6H,1-4H2. The Morgan fingerprint density at radius 2 is 2.07 bits per heavy atom. The highest BCUT2D eigenvalue weighted by atomic mass is 35.5. The number of nitrogens with zero attached hydrogens (tertiary/aromatic N) is 1. The van der Waals surface area contributed by atoms with Gasteiger partial charge in [0.25, 0.3) is 0 Å². The molecule has 0 aliphatic carbocycles. The van der Waals surface area contributed by atoms with Crippen LogP contribution in [0.1, 0.15) is 24.7 Å². The van der Waals surface area contributed by atoms with Crippen LogP contribution in [-0.4, -0.2) is 24.9 Å². The van der Waals surface area contributed by atoms with Gasteiger partial charge in [0.05, 0.1) is 17.7 Å². The number of rotatable bonds is 1. The zero-order valence-electron chi connectivity index (χ0n) is 7.44. The highest BCUT2D eigenvalue weighted by Crippen LogP contribution is 2.29. The first-order chi connectivity index (χ1) is 6.57. The fourth-order valence-corrected chi connectivity index (χ4v) is 3.21. The van der Waals surface area contributed by atoms with E-state index in [4.69, 9.17) is 16.0 Å². The van der Waals surface area contributed by atoms with Gasteiger partial charge in [-0.1, -0.05) is 0 Å². The summed E-state index contributed by atoms with van der Waals surface area (Å²) >= 11 is 5.59. The lowest BCUT2D eigenvalue weighted by Gasteiger charge is -2.18. The molecule has 78 valence electrons. The van der Waals surface area contributed by atoms with Gasteiger partial charge in [-0.3, -0.25) is 0 Å². The molecule has 1 saturated heterocycles. The predicted molar refractivity (Wildman–Crippen MR) is 52.1 cm³/mol. The van der Waals surface area contributed by atoms with Crippen molar-refractivity contribution in [3.05, 3.63) is 17.3 Å². The number of halogens is 1. The fraction of sp³-hybridized carbons (Fsp3) is 0.625. The van der Waals surface area contributed by atoms with E-state index in [1.807, 2.05) is 0 Å². The molecule has 1 aliphatic rings. The quantitative estimate of drug-likeness (QED) is 0.742. The van der Waals surface area contributed by atoms with Crippen LogP contribution in [0.15, 0.2) is 10.6 Å². The van der Waals surface area contributed by atoms with Crippen LogP contribution in [0, 0.1) is 0 Å². The van der Waals surface area contributed by atoms with E-state index in [9.17, 15) is 8.42 Å². The summed E-state index contributed by atoms with van der Waals surface area (Å²) in [7, 11) is -2.82. The normalized spacial score (nSPS) is 22.4.